The second kappa shape index (κ2) is 5.18. The van der Waals surface area contributed by atoms with Crippen molar-refractivity contribution in [3.63, 3.8) is 0 Å². The highest BCUT2D eigenvalue weighted by atomic mass is 35.5. The topological polar surface area (TPSA) is 32.3 Å². The van der Waals surface area contributed by atoms with Gasteiger partial charge in [0.2, 0.25) is 0 Å². The first kappa shape index (κ1) is 12.6. The van der Waals surface area contributed by atoms with Crippen molar-refractivity contribution >= 4 is 17.3 Å². The van der Waals surface area contributed by atoms with Gasteiger partial charge in [0.05, 0.1) is 5.02 Å². The molecule has 0 saturated heterocycles. The fourth-order valence-corrected chi connectivity index (χ4v) is 2.72. The molecule has 2 N–H and O–H groups in total. The fraction of sp³-hybridized carbons (Fsp3) is 0.571. The van der Waals surface area contributed by atoms with Crippen molar-refractivity contribution in [3.8, 4) is 5.75 Å². The molecule has 0 bridgehead atoms. The van der Waals surface area contributed by atoms with E-state index in [-0.39, 0.29) is 5.75 Å². The first-order valence-electron chi connectivity index (χ1n) is 6.31. The zero-order valence-corrected chi connectivity index (χ0v) is 11.2. The maximum absolute atomic E-state index is 9.38. The molecule has 0 aliphatic heterocycles. The molecule has 1 aromatic rings. The van der Waals surface area contributed by atoms with Crippen LogP contribution < -0.4 is 5.32 Å². The molecule has 1 saturated carbocycles. The Balaban J connectivity index is 2.06. The molecule has 0 radical (unpaired) electrons. The van der Waals surface area contributed by atoms with Gasteiger partial charge in [-0.2, -0.15) is 0 Å². The Hall–Kier alpha value is -0.890. The summed E-state index contributed by atoms with van der Waals surface area (Å²) >= 11 is 5.91. The van der Waals surface area contributed by atoms with E-state index in [2.05, 4.69) is 19.2 Å². The third-order valence-electron chi connectivity index (χ3n) is 3.76. The molecule has 1 aliphatic rings. The van der Waals surface area contributed by atoms with E-state index >= 15 is 0 Å². The van der Waals surface area contributed by atoms with Gasteiger partial charge in [0, 0.05) is 11.7 Å². The number of phenols is 1. The third kappa shape index (κ3) is 3.06. The van der Waals surface area contributed by atoms with Gasteiger partial charge in [0.15, 0.2) is 0 Å². The van der Waals surface area contributed by atoms with Crippen LogP contribution in [0.1, 0.15) is 33.1 Å². The average molecular weight is 254 g/mol. The highest BCUT2D eigenvalue weighted by Gasteiger charge is 2.25. The number of anilines is 1. The van der Waals surface area contributed by atoms with E-state index in [0.717, 1.165) is 11.6 Å². The van der Waals surface area contributed by atoms with Crippen molar-refractivity contribution in [2.24, 2.45) is 11.8 Å². The summed E-state index contributed by atoms with van der Waals surface area (Å²) < 4.78 is 0. The van der Waals surface area contributed by atoms with Crippen molar-refractivity contribution in [2.45, 2.75) is 39.2 Å². The number of benzene rings is 1. The Morgan fingerprint density at radius 2 is 2.06 bits per heavy atom. The number of halogens is 1. The van der Waals surface area contributed by atoms with E-state index in [1.54, 1.807) is 12.1 Å². The molecule has 94 valence electrons. The Labute approximate surface area is 108 Å². The minimum Gasteiger partial charge on any atom is -0.506 e. The van der Waals surface area contributed by atoms with Crippen LogP contribution >= 0.6 is 11.6 Å². The number of nitrogens with one attached hydrogen (secondary N) is 1. The van der Waals surface area contributed by atoms with Crippen LogP contribution in [0.15, 0.2) is 18.2 Å². The quantitative estimate of drug-likeness (QED) is 0.771. The SMILES string of the molecule is CC1CCC(C)C(Nc2ccc(O)c(Cl)c2)C1. The predicted octanol–water partition coefficient (Wildman–Crippen LogP) is 4.28. The highest BCUT2D eigenvalue weighted by molar-refractivity contribution is 6.32. The van der Waals surface area contributed by atoms with Crippen molar-refractivity contribution in [2.75, 3.05) is 5.32 Å². The van der Waals surface area contributed by atoms with E-state index in [4.69, 9.17) is 11.6 Å². The summed E-state index contributed by atoms with van der Waals surface area (Å²) in [5.74, 6) is 1.62. The van der Waals surface area contributed by atoms with Gasteiger partial charge in [-0.15, -0.1) is 0 Å². The lowest BCUT2D eigenvalue weighted by Crippen LogP contribution is -2.33. The van der Waals surface area contributed by atoms with Crippen LogP contribution in [0.3, 0.4) is 0 Å². The second-order valence-electron chi connectivity index (χ2n) is 5.31. The Morgan fingerprint density at radius 3 is 2.76 bits per heavy atom. The molecular weight excluding hydrogens is 234 g/mol. The maximum Gasteiger partial charge on any atom is 0.134 e. The lowest BCUT2D eigenvalue weighted by atomic mass is 9.80. The molecule has 1 fully saturated rings. The van der Waals surface area contributed by atoms with Crippen LogP contribution in [0.25, 0.3) is 0 Å². The van der Waals surface area contributed by atoms with Gasteiger partial charge in [0.25, 0.3) is 0 Å². The number of aromatic hydroxyl groups is 1. The van der Waals surface area contributed by atoms with E-state index in [1.807, 2.05) is 6.07 Å². The molecule has 3 heteroatoms. The number of hydrogen-bond donors (Lipinski definition) is 2. The number of phenolic OH excluding ortho intramolecular Hbond substituents is 1. The molecular formula is C14H20ClNO. The van der Waals surface area contributed by atoms with Gasteiger partial charge in [-0.3, -0.25) is 0 Å². The van der Waals surface area contributed by atoms with Gasteiger partial charge < -0.3 is 10.4 Å². The molecule has 17 heavy (non-hydrogen) atoms. The zero-order chi connectivity index (χ0) is 12.4. The monoisotopic (exact) mass is 253 g/mol. The van der Waals surface area contributed by atoms with Gasteiger partial charge in [-0.25, -0.2) is 0 Å². The zero-order valence-electron chi connectivity index (χ0n) is 10.4. The molecule has 3 unspecified atom stereocenters. The van der Waals surface area contributed by atoms with Crippen LogP contribution in [0.5, 0.6) is 5.75 Å². The molecule has 0 heterocycles. The highest BCUT2D eigenvalue weighted by Crippen LogP contribution is 2.32. The third-order valence-corrected chi connectivity index (χ3v) is 4.06. The van der Waals surface area contributed by atoms with Gasteiger partial charge in [-0.1, -0.05) is 31.9 Å². The Kier molecular flexibility index (Phi) is 3.82. The average Bonchev–Trinajstić information content (AvgIpc) is 2.29. The summed E-state index contributed by atoms with van der Waals surface area (Å²) in [5, 5.41) is 13.3. The molecule has 2 nitrogen and oxygen atoms in total. The molecule has 1 aliphatic carbocycles. The first-order valence-corrected chi connectivity index (χ1v) is 6.69. The number of rotatable bonds is 2. The van der Waals surface area contributed by atoms with E-state index in [9.17, 15) is 5.11 Å². The van der Waals surface area contributed by atoms with Crippen molar-refractivity contribution in [1.82, 2.24) is 0 Å². The van der Waals surface area contributed by atoms with Crippen molar-refractivity contribution < 1.29 is 5.11 Å². The lowest BCUT2D eigenvalue weighted by Gasteiger charge is -2.34. The van der Waals surface area contributed by atoms with Crippen LogP contribution in [0, 0.1) is 11.8 Å². The summed E-state index contributed by atoms with van der Waals surface area (Å²) in [7, 11) is 0. The molecule has 0 spiro atoms. The van der Waals surface area contributed by atoms with Crippen LogP contribution in [-0.4, -0.2) is 11.1 Å². The minimum atomic E-state index is 0.141. The smallest absolute Gasteiger partial charge is 0.134 e. The molecule has 2 rings (SSSR count). The lowest BCUT2D eigenvalue weighted by molar-refractivity contribution is 0.280. The van der Waals surface area contributed by atoms with Crippen LogP contribution in [0.2, 0.25) is 5.02 Å². The van der Waals surface area contributed by atoms with E-state index in [0.29, 0.717) is 17.0 Å². The first-order chi connectivity index (χ1) is 8.06. The largest absolute Gasteiger partial charge is 0.506 e. The van der Waals surface area contributed by atoms with Crippen LogP contribution in [0.4, 0.5) is 5.69 Å². The fourth-order valence-electron chi connectivity index (χ4n) is 2.54. The summed E-state index contributed by atoms with van der Waals surface area (Å²) in [6.45, 7) is 4.61. The Bertz CT molecular complexity index is 394. The van der Waals surface area contributed by atoms with Crippen molar-refractivity contribution in [3.05, 3.63) is 23.2 Å². The number of hydrogen-bond acceptors (Lipinski definition) is 2. The minimum absolute atomic E-state index is 0.141. The van der Waals surface area contributed by atoms with Crippen LogP contribution in [-0.2, 0) is 0 Å². The van der Waals surface area contributed by atoms with Gasteiger partial charge in [0.1, 0.15) is 5.75 Å². The molecule has 0 aromatic heterocycles. The molecule has 1 aromatic carbocycles. The normalized spacial score (nSPS) is 29.0. The summed E-state index contributed by atoms with van der Waals surface area (Å²) in [6, 6.07) is 5.83. The molecule has 0 amide bonds. The summed E-state index contributed by atoms with van der Waals surface area (Å²) in [6.07, 6.45) is 3.82. The Morgan fingerprint density at radius 1 is 1.29 bits per heavy atom. The predicted molar refractivity (Wildman–Crippen MR) is 72.7 cm³/mol. The standard InChI is InChI=1S/C14H20ClNO/c1-9-3-4-10(2)13(7-9)16-11-5-6-14(17)12(15)8-11/h5-6,8-10,13,16-17H,3-4,7H2,1-2H3. The summed E-state index contributed by atoms with van der Waals surface area (Å²) in [5.41, 5.74) is 0.999. The van der Waals surface area contributed by atoms with Crippen molar-refractivity contribution in [1.29, 1.82) is 0 Å². The van der Waals surface area contributed by atoms with E-state index in [1.165, 1.54) is 19.3 Å². The second-order valence-corrected chi connectivity index (χ2v) is 5.72. The summed E-state index contributed by atoms with van der Waals surface area (Å²) in [4.78, 5) is 0. The van der Waals surface area contributed by atoms with Gasteiger partial charge >= 0.3 is 0 Å². The molecule has 3 atom stereocenters. The maximum atomic E-state index is 9.38. The van der Waals surface area contributed by atoms with E-state index < -0.39 is 0 Å². The van der Waals surface area contributed by atoms with Gasteiger partial charge in [-0.05, 0) is 42.9 Å².